The fourth-order valence-corrected chi connectivity index (χ4v) is 1.92. The van der Waals surface area contributed by atoms with E-state index in [1.165, 1.54) is 20.1 Å². The van der Waals surface area contributed by atoms with E-state index in [1.807, 2.05) is 0 Å². The Morgan fingerprint density at radius 2 is 2.12 bits per heavy atom. The molecule has 5 nitrogen and oxygen atoms in total. The topological polar surface area (TPSA) is 76.0 Å². The number of aromatic hydroxyl groups is 2. The van der Waals surface area contributed by atoms with Gasteiger partial charge in [-0.05, 0) is 18.6 Å². The van der Waals surface area contributed by atoms with Crippen LogP contribution in [0.25, 0.3) is 0 Å². The number of methoxy groups -OCH3 is 1. The monoisotopic (exact) mass is 238 g/mol. The van der Waals surface area contributed by atoms with Crippen LogP contribution in [0.2, 0.25) is 0 Å². The minimum absolute atomic E-state index is 0.0468. The first-order valence-electron chi connectivity index (χ1n) is 5.21. The quantitative estimate of drug-likeness (QED) is 0.725. The number of carbonyl (C=O) groups is 1. The van der Waals surface area contributed by atoms with E-state index < -0.39 is 11.8 Å². The molecule has 2 rings (SSSR count). The Balaban J connectivity index is 2.61. The maximum atomic E-state index is 11.8. The smallest absolute Gasteiger partial charge is 0.344 e. The fourth-order valence-electron chi connectivity index (χ4n) is 1.92. The van der Waals surface area contributed by atoms with Gasteiger partial charge in [-0.3, -0.25) is 0 Å². The molecular formula is C12H14O5. The lowest BCUT2D eigenvalue weighted by Crippen LogP contribution is -2.40. The van der Waals surface area contributed by atoms with Crippen molar-refractivity contribution in [2.75, 3.05) is 7.11 Å². The van der Waals surface area contributed by atoms with Crippen LogP contribution in [0, 0.1) is 6.92 Å². The normalized spacial score (nSPS) is 23.1. The van der Waals surface area contributed by atoms with E-state index in [1.54, 1.807) is 6.92 Å². The number of hydrogen-bond acceptors (Lipinski definition) is 5. The van der Waals surface area contributed by atoms with E-state index in [2.05, 4.69) is 0 Å². The van der Waals surface area contributed by atoms with Gasteiger partial charge in [-0.25, -0.2) is 4.79 Å². The number of phenols is 2. The van der Waals surface area contributed by atoms with Crippen LogP contribution in [0.15, 0.2) is 6.07 Å². The Morgan fingerprint density at radius 1 is 1.47 bits per heavy atom. The molecule has 0 radical (unpaired) electrons. The van der Waals surface area contributed by atoms with Gasteiger partial charge in [0.15, 0.2) is 0 Å². The molecule has 0 bridgehead atoms. The average Bonchev–Trinajstić information content (AvgIpc) is 2.25. The van der Waals surface area contributed by atoms with Crippen LogP contribution in [0.4, 0.5) is 0 Å². The van der Waals surface area contributed by atoms with E-state index >= 15 is 0 Å². The summed E-state index contributed by atoms with van der Waals surface area (Å²) in [7, 11) is 1.44. The molecule has 0 aliphatic carbocycles. The summed E-state index contributed by atoms with van der Waals surface area (Å²) in [5.41, 5.74) is 0.891. The van der Waals surface area contributed by atoms with Gasteiger partial charge in [0.1, 0.15) is 17.1 Å². The number of fused-ring (bicyclic) bond motifs is 1. The van der Waals surface area contributed by atoms with Crippen molar-refractivity contribution in [3.63, 3.8) is 0 Å². The van der Waals surface area contributed by atoms with Crippen LogP contribution < -0.4 is 0 Å². The summed E-state index contributed by atoms with van der Waals surface area (Å²) in [5, 5.41) is 19.5. The molecule has 0 saturated carbocycles. The second-order valence-electron chi connectivity index (χ2n) is 4.31. The Labute approximate surface area is 98.6 Å². The number of benzene rings is 1. The molecule has 0 fully saturated rings. The minimum Gasteiger partial charge on any atom is -0.508 e. The third-order valence-electron chi connectivity index (χ3n) is 3.06. The summed E-state index contributed by atoms with van der Waals surface area (Å²) in [6.07, 6.45) is 0.284. The van der Waals surface area contributed by atoms with E-state index in [0.717, 1.165) is 0 Å². The molecule has 5 heteroatoms. The lowest BCUT2D eigenvalue weighted by atomic mass is 9.94. The van der Waals surface area contributed by atoms with Crippen LogP contribution in [0.5, 0.6) is 11.5 Å². The Kier molecular flexibility index (Phi) is 2.50. The second-order valence-corrected chi connectivity index (χ2v) is 4.31. The summed E-state index contributed by atoms with van der Waals surface area (Å²) in [6.45, 7) is 3.16. The fraction of sp³-hybridized carbons (Fsp3) is 0.417. The van der Waals surface area contributed by atoms with Gasteiger partial charge in [0.25, 0.3) is 0 Å². The second kappa shape index (κ2) is 3.63. The van der Waals surface area contributed by atoms with E-state index in [0.29, 0.717) is 5.56 Å². The van der Waals surface area contributed by atoms with Crippen molar-refractivity contribution in [2.24, 2.45) is 0 Å². The highest BCUT2D eigenvalue weighted by atomic mass is 16.7. The van der Waals surface area contributed by atoms with Crippen molar-refractivity contribution in [1.29, 1.82) is 0 Å². The maximum Gasteiger partial charge on any atom is 0.344 e. The number of ether oxygens (including phenoxy) is 2. The predicted molar refractivity (Wildman–Crippen MR) is 59.0 cm³/mol. The zero-order chi connectivity index (χ0) is 12.8. The summed E-state index contributed by atoms with van der Waals surface area (Å²) < 4.78 is 10.2. The molecule has 17 heavy (non-hydrogen) atoms. The third kappa shape index (κ3) is 1.72. The van der Waals surface area contributed by atoms with Gasteiger partial charge in [-0.2, -0.15) is 0 Å². The van der Waals surface area contributed by atoms with E-state index in [-0.39, 0.29) is 29.0 Å². The molecule has 0 aromatic heterocycles. The van der Waals surface area contributed by atoms with Gasteiger partial charge in [0, 0.05) is 26.0 Å². The van der Waals surface area contributed by atoms with Crippen molar-refractivity contribution in [3.8, 4) is 11.5 Å². The number of esters is 1. The lowest BCUT2D eigenvalue weighted by molar-refractivity contribution is -0.177. The Bertz CT molecular complexity index is 494. The number of phenolic OH excluding ortho intramolecular Hbond substituents is 2. The molecule has 1 aliphatic heterocycles. The molecule has 0 unspecified atom stereocenters. The number of rotatable bonds is 1. The van der Waals surface area contributed by atoms with Crippen molar-refractivity contribution < 1.29 is 24.5 Å². The number of cyclic esters (lactones) is 1. The Hall–Kier alpha value is -1.75. The minimum atomic E-state index is -1.06. The van der Waals surface area contributed by atoms with Crippen LogP contribution in [-0.2, 0) is 15.9 Å². The van der Waals surface area contributed by atoms with E-state index in [9.17, 15) is 15.0 Å². The van der Waals surface area contributed by atoms with Crippen molar-refractivity contribution >= 4 is 5.97 Å². The molecule has 2 N–H and O–H groups in total. The SMILES string of the molecule is CO[C@@]1(C)Cc2cc(O)c(C)c(O)c2C(=O)O1. The first-order chi connectivity index (χ1) is 7.88. The van der Waals surface area contributed by atoms with Crippen molar-refractivity contribution in [1.82, 2.24) is 0 Å². The largest absolute Gasteiger partial charge is 0.508 e. The molecule has 92 valence electrons. The van der Waals surface area contributed by atoms with Gasteiger partial charge in [0.2, 0.25) is 5.79 Å². The van der Waals surface area contributed by atoms with Gasteiger partial charge in [-0.15, -0.1) is 0 Å². The highest BCUT2D eigenvalue weighted by molar-refractivity contribution is 5.96. The molecule has 0 saturated heterocycles. The standard InChI is InChI=1S/C12H14O5/c1-6-8(13)4-7-5-12(2,16-3)17-11(15)9(7)10(6)14/h4,13-14H,5H2,1-3H3/t12-/m1/s1. The van der Waals surface area contributed by atoms with Crippen LogP contribution >= 0.6 is 0 Å². The molecule has 0 amide bonds. The summed E-state index contributed by atoms with van der Waals surface area (Å²) in [5.74, 6) is -1.98. The van der Waals surface area contributed by atoms with Crippen LogP contribution in [0.1, 0.15) is 28.4 Å². The number of hydrogen-bond donors (Lipinski definition) is 2. The zero-order valence-electron chi connectivity index (χ0n) is 9.90. The van der Waals surface area contributed by atoms with E-state index in [4.69, 9.17) is 9.47 Å². The maximum absolute atomic E-state index is 11.8. The zero-order valence-corrected chi connectivity index (χ0v) is 9.90. The summed E-state index contributed by atoms with van der Waals surface area (Å²) in [6, 6.07) is 1.46. The number of carbonyl (C=O) groups excluding carboxylic acids is 1. The van der Waals surface area contributed by atoms with Crippen molar-refractivity contribution in [2.45, 2.75) is 26.1 Å². The lowest BCUT2D eigenvalue weighted by Gasteiger charge is -2.33. The predicted octanol–water partition coefficient (Wildman–Crippen LogP) is 1.48. The molecule has 0 spiro atoms. The Morgan fingerprint density at radius 3 is 2.71 bits per heavy atom. The van der Waals surface area contributed by atoms with Gasteiger partial charge in [0.05, 0.1) is 0 Å². The molecule has 1 aromatic rings. The highest BCUT2D eigenvalue weighted by Crippen LogP contribution is 2.39. The van der Waals surface area contributed by atoms with Crippen LogP contribution in [-0.4, -0.2) is 29.1 Å². The molecule has 1 heterocycles. The highest BCUT2D eigenvalue weighted by Gasteiger charge is 2.38. The first-order valence-corrected chi connectivity index (χ1v) is 5.21. The molecular weight excluding hydrogens is 224 g/mol. The summed E-state index contributed by atoms with van der Waals surface area (Å²) >= 11 is 0. The summed E-state index contributed by atoms with van der Waals surface area (Å²) in [4.78, 5) is 11.8. The van der Waals surface area contributed by atoms with Gasteiger partial charge >= 0.3 is 5.97 Å². The van der Waals surface area contributed by atoms with Gasteiger partial charge < -0.3 is 19.7 Å². The molecule has 1 aliphatic rings. The first kappa shape index (κ1) is 11.7. The third-order valence-corrected chi connectivity index (χ3v) is 3.06. The average molecular weight is 238 g/mol. The van der Waals surface area contributed by atoms with Crippen LogP contribution in [0.3, 0.4) is 0 Å². The molecule has 1 atom stereocenters. The van der Waals surface area contributed by atoms with Crippen molar-refractivity contribution in [3.05, 3.63) is 22.8 Å². The van der Waals surface area contributed by atoms with Gasteiger partial charge in [-0.1, -0.05) is 0 Å². The molecule has 1 aromatic carbocycles.